The number of hydrogen-bond acceptors (Lipinski definition) is 5. The third kappa shape index (κ3) is 3.25. The van der Waals surface area contributed by atoms with E-state index < -0.39 is 5.54 Å². The van der Waals surface area contributed by atoms with Crippen LogP contribution in [0, 0.1) is 6.92 Å². The molecule has 0 aliphatic carbocycles. The first-order valence-electron chi connectivity index (χ1n) is 11.0. The standard InChI is InChI=1S/C25H27N5O3/c1-17-8-9-18(14-20(17)31)24(33)28-13-10-25(16-28)21-7-5-12-29(21)23-19(6-4-11-26-23)30(25)15-22(32)27(2)3/h4-9,11-12,14,31H,10,13,15-16H2,1-3H3/t25-/m0/s1. The maximum atomic E-state index is 13.4. The van der Waals surface area contributed by atoms with Crippen molar-refractivity contribution in [2.45, 2.75) is 18.9 Å². The van der Waals surface area contributed by atoms with Crippen LogP contribution in [0.1, 0.15) is 28.0 Å². The van der Waals surface area contributed by atoms with Gasteiger partial charge in [0.05, 0.1) is 17.9 Å². The molecule has 1 aromatic carbocycles. The van der Waals surface area contributed by atoms with Gasteiger partial charge < -0.3 is 24.4 Å². The summed E-state index contributed by atoms with van der Waals surface area (Å²) in [6.07, 6.45) is 4.41. The van der Waals surface area contributed by atoms with Crippen LogP contribution in [0.2, 0.25) is 0 Å². The van der Waals surface area contributed by atoms with Crippen molar-refractivity contribution in [3.63, 3.8) is 0 Å². The minimum absolute atomic E-state index is 0.0163. The summed E-state index contributed by atoms with van der Waals surface area (Å²) < 4.78 is 2.07. The fourth-order valence-electron chi connectivity index (χ4n) is 4.93. The van der Waals surface area contributed by atoms with E-state index in [0.29, 0.717) is 25.1 Å². The van der Waals surface area contributed by atoms with Crippen LogP contribution in [0.3, 0.4) is 0 Å². The Balaban J connectivity index is 1.57. The first-order chi connectivity index (χ1) is 15.8. The van der Waals surface area contributed by atoms with Crippen LogP contribution >= 0.6 is 0 Å². The van der Waals surface area contributed by atoms with E-state index in [1.807, 2.05) is 29.3 Å². The summed E-state index contributed by atoms with van der Waals surface area (Å²) in [6, 6.07) is 12.9. The molecule has 5 rings (SSSR count). The van der Waals surface area contributed by atoms with Crippen LogP contribution in [0.5, 0.6) is 5.75 Å². The second-order valence-electron chi connectivity index (χ2n) is 8.99. The Morgan fingerprint density at radius 3 is 2.76 bits per heavy atom. The van der Waals surface area contributed by atoms with Gasteiger partial charge in [0.1, 0.15) is 11.3 Å². The number of carbonyl (C=O) groups is 2. The molecule has 4 heterocycles. The van der Waals surface area contributed by atoms with Gasteiger partial charge in [0.25, 0.3) is 5.91 Å². The Kier molecular flexibility index (Phi) is 4.88. The predicted molar refractivity (Wildman–Crippen MR) is 125 cm³/mol. The van der Waals surface area contributed by atoms with Gasteiger partial charge in [-0.3, -0.25) is 9.59 Å². The molecule has 8 nitrogen and oxygen atoms in total. The van der Waals surface area contributed by atoms with Gasteiger partial charge >= 0.3 is 0 Å². The topological polar surface area (TPSA) is 81.9 Å². The number of nitrogens with zero attached hydrogens (tertiary/aromatic N) is 5. The van der Waals surface area contributed by atoms with E-state index in [4.69, 9.17) is 0 Å². The number of aryl methyl sites for hydroxylation is 1. The van der Waals surface area contributed by atoms with Gasteiger partial charge in [-0.05, 0) is 55.3 Å². The van der Waals surface area contributed by atoms with Crippen LogP contribution in [-0.4, -0.2) is 70.0 Å². The fraction of sp³-hybridized carbons (Fsp3) is 0.320. The summed E-state index contributed by atoms with van der Waals surface area (Å²) in [5.41, 5.74) is 2.51. The first-order valence-corrected chi connectivity index (χ1v) is 11.0. The number of aromatic hydroxyl groups is 1. The number of likely N-dealkylation sites (N-methyl/N-ethyl adjacent to an activating group) is 1. The highest BCUT2D eigenvalue weighted by Crippen LogP contribution is 2.47. The molecule has 1 saturated heterocycles. The molecule has 33 heavy (non-hydrogen) atoms. The lowest BCUT2D eigenvalue weighted by molar-refractivity contribution is -0.127. The molecule has 1 N–H and O–H groups in total. The normalized spacial score (nSPS) is 18.9. The van der Waals surface area contributed by atoms with Crippen molar-refractivity contribution in [3.8, 4) is 11.6 Å². The second-order valence-corrected chi connectivity index (χ2v) is 8.99. The van der Waals surface area contributed by atoms with Crippen molar-refractivity contribution in [3.05, 3.63) is 71.7 Å². The van der Waals surface area contributed by atoms with E-state index >= 15 is 0 Å². The quantitative estimate of drug-likeness (QED) is 0.670. The number of carbonyl (C=O) groups excluding carboxylic acids is 2. The average molecular weight is 446 g/mol. The smallest absolute Gasteiger partial charge is 0.254 e. The summed E-state index contributed by atoms with van der Waals surface area (Å²) >= 11 is 0. The third-order valence-corrected chi connectivity index (χ3v) is 6.81. The number of fused-ring (bicyclic) bond motifs is 4. The number of rotatable bonds is 3. The number of phenolic OH excluding ortho intramolecular Hbond substituents is 1. The van der Waals surface area contributed by atoms with Crippen molar-refractivity contribution in [1.29, 1.82) is 0 Å². The maximum absolute atomic E-state index is 13.4. The summed E-state index contributed by atoms with van der Waals surface area (Å²) in [5.74, 6) is 0.746. The van der Waals surface area contributed by atoms with Gasteiger partial charge in [-0.1, -0.05) is 6.07 Å². The molecule has 2 aliphatic heterocycles. The first kappa shape index (κ1) is 21.1. The molecule has 1 spiro atoms. The minimum atomic E-state index is -0.562. The maximum Gasteiger partial charge on any atom is 0.254 e. The molecule has 3 aromatic rings. The fourth-order valence-corrected chi connectivity index (χ4v) is 4.93. The summed E-state index contributed by atoms with van der Waals surface area (Å²) in [5, 5.41) is 10.1. The molecule has 0 unspecified atom stereocenters. The number of amides is 2. The minimum Gasteiger partial charge on any atom is -0.508 e. The zero-order valence-electron chi connectivity index (χ0n) is 19.0. The van der Waals surface area contributed by atoms with Crippen molar-refractivity contribution in [1.82, 2.24) is 19.4 Å². The van der Waals surface area contributed by atoms with Gasteiger partial charge in [-0.25, -0.2) is 4.98 Å². The van der Waals surface area contributed by atoms with E-state index in [9.17, 15) is 14.7 Å². The molecule has 8 heteroatoms. The Hall–Kier alpha value is -3.81. The van der Waals surface area contributed by atoms with Crippen LogP contribution in [0.4, 0.5) is 5.69 Å². The van der Waals surface area contributed by atoms with E-state index in [-0.39, 0.29) is 24.1 Å². The number of pyridine rings is 1. The number of aromatic nitrogens is 2. The van der Waals surface area contributed by atoms with Gasteiger partial charge in [-0.2, -0.15) is 0 Å². The summed E-state index contributed by atoms with van der Waals surface area (Å²) in [4.78, 5) is 36.4. The molecular formula is C25H27N5O3. The van der Waals surface area contributed by atoms with Gasteiger partial charge in [0, 0.05) is 45.1 Å². The SMILES string of the molecule is Cc1ccc(C(=O)N2CC[C@]3(C2)c2cccn2-c2ncccc2N3CC(=O)N(C)C)cc1O. The van der Waals surface area contributed by atoms with Gasteiger partial charge in [-0.15, -0.1) is 0 Å². The molecule has 2 amide bonds. The summed E-state index contributed by atoms with van der Waals surface area (Å²) in [6.45, 7) is 2.96. The highest BCUT2D eigenvalue weighted by atomic mass is 16.3. The number of hydrogen-bond donors (Lipinski definition) is 1. The number of phenols is 1. The van der Waals surface area contributed by atoms with Gasteiger partial charge in [0.2, 0.25) is 5.91 Å². The highest BCUT2D eigenvalue weighted by Gasteiger charge is 2.51. The Morgan fingerprint density at radius 1 is 1.18 bits per heavy atom. The zero-order chi connectivity index (χ0) is 23.3. The van der Waals surface area contributed by atoms with E-state index in [2.05, 4.69) is 20.5 Å². The lowest BCUT2D eigenvalue weighted by Crippen LogP contribution is -2.55. The predicted octanol–water partition coefficient (Wildman–Crippen LogP) is 2.54. The molecule has 1 fully saturated rings. The van der Waals surface area contributed by atoms with E-state index in [0.717, 1.165) is 22.8 Å². The van der Waals surface area contributed by atoms with E-state index in [1.54, 1.807) is 44.2 Å². The lowest BCUT2D eigenvalue weighted by Gasteiger charge is -2.47. The van der Waals surface area contributed by atoms with Gasteiger partial charge in [0.15, 0.2) is 5.82 Å². The molecule has 2 aromatic heterocycles. The number of benzene rings is 1. The number of likely N-dealkylation sites (tertiary alicyclic amines) is 1. The molecule has 0 saturated carbocycles. The molecule has 0 bridgehead atoms. The van der Waals surface area contributed by atoms with Crippen molar-refractivity contribution >= 4 is 17.5 Å². The van der Waals surface area contributed by atoms with Crippen LogP contribution in [0.25, 0.3) is 5.82 Å². The van der Waals surface area contributed by atoms with Crippen molar-refractivity contribution in [2.75, 3.05) is 38.6 Å². The molecule has 0 radical (unpaired) electrons. The van der Waals surface area contributed by atoms with Crippen LogP contribution in [0.15, 0.2) is 54.9 Å². The lowest BCUT2D eigenvalue weighted by atomic mass is 9.88. The molecule has 170 valence electrons. The summed E-state index contributed by atoms with van der Waals surface area (Å²) in [7, 11) is 3.50. The Morgan fingerprint density at radius 2 is 2.00 bits per heavy atom. The van der Waals surface area contributed by atoms with Crippen LogP contribution < -0.4 is 4.90 Å². The number of anilines is 1. The third-order valence-electron chi connectivity index (χ3n) is 6.81. The Labute approximate surface area is 192 Å². The Bertz CT molecular complexity index is 1250. The second kappa shape index (κ2) is 7.65. The van der Waals surface area contributed by atoms with Crippen molar-refractivity contribution < 1.29 is 14.7 Å². The molecule has 1 atom stereocenters. The molecule has 2 aliphatic rings. The van der Waals surface area contributed by atoms with Crippen LogP contribution in [-0.2, 0) is 10.3 Å². The van der Waals surface area contributed by atoms with E-state index in [1.165, 1.54) is 6.07 Å². The van der Waals surface area contributed by atoms with Crippen molar-refractivity contribution in [2.24, 2.45) is 0 Å². The average Bonchev–Trinajstić information content (AvgIpc) is 3.47. The largest absolute Gasteiger partial charge is 0.508 e. The highest BCUT2D eigenvalue weighted by molar-refractivity contribution is 5.95. The zero-order valence-corrected chi connectivity index (χ0v) is 19.0. The molecular weight excluding hydrogens is 418 g/mol. The monoisotopic (exact) mass is 445 g/mol.